The minimum Gasteiger partial charge on any atom is -0.462 e. The second kappa shape index (κ2) is 7.14. The molecule has 176 valence electrons. The first-order valence-electron chi connectivity index (χ1n) is 8.34. The molecule has 0 saturated heterocycles. The van der Waals surface area contributed by atoms with E-state index in [4.69, 9.17) is 0 Å². The minimum atomic E-state index is -6.94. The van der Waals surface area contributed by atoms with Crippen LogP contribution >= 0.6 is 0 Å². The van der Waals surface area contributed by atoms with Crippen LogP contribution in [0.5, 0.6) is 0 Å². The van der Waals surface area contributed by atoms with Gasteiger partial charge in [-0.05, 0) is 27.2 Å². The summed E-state index contributed by atoms with van der Waals surface area (Å²) >= 11 is 0. The lowest BCUT2D eigenvalue weighted by Crippen LogP contribution is -2.86. The smallest absolute Gasteiger partial charge is 0.364 e. The number of carbonyl (C=O) groups excluding carboxylic acids is 2. The highest BCUT2D eigenvalue weighted by molar-refractivity contribution is 5.84. The van der Waals surface area contributed by atoms with Gasteiger partial charge >= 0.3 is 41.3 Å². The molecule has 0 aromatic carbocycles. The molecular weight excluding hydrogens is 446 g/mol. The van der Waals surface area contributed by atoms with Crippen LogP contribution in [0.1, 0.15) is 34.1 Å². The van der Waals surface area contributed by atoms with Crippen LogP contribution in [0.25, 0.3) is 0 Å². The van der Waals surface area contributed by atoms with Crippen LogP contribution in [-0.2, 0) is 19.1 Å². The van der Waals surface area contributed by atoms with E-state index in [0.717, 1.165) is 0 Å². The molecular formula is C16H18F10O4. The lowest BCUT2D eigenvalue weighted by molar-refractivity contribution is -0.449. The summed E-state index contributed by atoms with van der Waals surface area (Å²) in [5, 5.41) is 0. The van der Waals surface area contributed by atoms with E-state index in [1.54, 1.807) is 6.92 Å². The van der Waals surface area contributed by atoms with Crippen molar-refractivity contribution in [2.45, 2.75) is 69.1 Å². The third kappa shape index (κ3) is 3.03. The van der Waals surface area contributed by atoms with Crippen LogP contribution in [0.4, 0.5) is 43.9 Å². The quantitative estimate of drug-likeness (QED) is 0.330. The van der Waals surface area contributed by atoms with Gasteiger partial charge in [0.25, 0.3) is 0 Å². The number of halogens is 10. The van der Waals surface area contributed by atoms with Gasteiger partial charge in [-0.1, -0.05) is 6.92 Å². The van der Waals surface area contributed by atoms with Crippen molar-refractivity contribution in [3.8, 4) is 0 Å². The van der Waals surface area contributed by atoms with E-state index in [0.29, 0.717) is 0 Å². The Bertz CT molecular complexity index is 672. The predicted molar refractivity (Wildman–Crippen MR) is 79.1 cm³/mol. The average Bonchev–Trinajstić information content (AvgIpc) is 2.62. The lowest BCUT2D eigenvalue weighted by atomic mass is 9.67. The fourth-order valence-corrected chi connectivity index (χ4v) is 2.38. The van der Waals surface area contributed by atoms with Gasteiger partial charge in [0.05, 0.1) is 5.41 Å². The summed E-state index contributed by atoms with van der Waals surface area (Å²) in [6.07, 6.45) is 0.240. The molecule has 1 saturated carbocycles. The van der Waals surface area contributed by atoms with Gasteiger partial charge in [-0.25, -0.2) is 13.6 Å². The fraction of sp³-hybridized carbons (Fsp3) is 0.875. The van der Waals surface area contributed by atoms with E-state index < -0.39 is 72.5 Å². The number of rotatable bonds is 6. The summed E-state index contributed by atoms with van der Waals surface area (Å²) in [5.41, 5.74) is -13.6. The summed E-state index contributed by atoms with van der Waals surface area (Å²) < 4.78 is 147. The highest BCUT2D eigenvalue weighted by Crippen LogP contribution is 2.69. The summed E-state index contributed by atoms with van der Waals surface area (Å²) in [6.45, 7) is 0.981. The average molecular weight is 464 g/mol. The van der Waals surface area contributed by atoms with Gasteiger partial charge in [-0.3, -0.25) is 4.79 Å². The maximum Gasteiger partial charge on any atom is 0.364 e. The summed E-state index contributed by atoms with van der Waals surface area (Å²) in [6, 6.07) is 0. The van der Waals surface area contributed by atoms with Crippen LogP contribution in [0.15, 0.2) is 0 Å². The van der Waals surface area contributed by atoms with Gasteiger partial charge in [0.15, 0.2) is 0 Å². The van der Waals surface area contributed by atoms with Gasteiger partial charge in [-0.2, -0.15) is 35.1 Å². The zero-order chi connectivity index (χ0) is 24.2. The highest BCUT2D eigenvalue weighted by atomic mass is 19.4. The molecule has 0 radical (unpaired) electrons. The third-order valence-corrected chi connectivity index (χ3v) is 5.10. The van der Waals surface area contributed by atoms with Crippen molar-refractivity contribution < 1.29 is 63.0 Å². The van der Waals surface area contributed by atoms with Crippen LogP contribution in [0.3, 0.4) is 0 Å². The summed E-state index contributed by atoms with van der Waals surface area (Å²) in [4.78, 5) is 23.2. The van der Waals surface area contributed by atoms with E-state index in [1.165, 1.54) is 13.8 Å². The lowest BCUT2D eigenvalue weighted by Gasteiger charge is -2.53. The molecule has 30 heavy (non-hydrogen) atoms. The Kier molecular flexibility index (Phi) is 6.26. The Morgan fingerprint density at radius 3 is 1.47 bits per heavy atom. The number of hydrogen-bond donors (Lipinski definition) is 0. The molecule has 14 heteroatoms. The topological polar surface area (TPSA) is 52.6 Å². The molecule has 1 rings (SSSR count). The molecule has 0 aromatic heterocycles. The molecule has 0 atom stereocenters. The zero-order valence-corrected chi connectivity index (χ0v) is 16.0. The molecule has 0 aromatic rings. The first-order valence-corrected chi connectivity index (χ1v) is 8.34. The van der Waals surface area contributed by atoms with Gasteiger partial charge in [0.1, 0.15) is 13.2 Å². The maximum atomic E-state index is 14.5. The van der Waals surface area contributed by atoms with Gasteiger partial charge in [-0.15, -0.1) is 0 Å². The molecule has 0 amide bonds. The van der Waals surface area contributed by atoms with E-state index in [-0.39, 0.29) is 6.42 Å². The molecule has 1 aliphatic carbocycles. The largest absolute Gasteiger partial charge is 0.462 e. The fourth-order valence-electron chi connectivity index (χ4n) is 2.38. The number of carbonyl (C=O) groups is 2. The highest BCUT2D eigenvalue weighted by Gasteiger charge is 3.01. The molecule has 1 fully saturated rings. The Morgan fingerprint density at radius 1 is 0.733 bits per heavy atom. The van der Waals surface area contributed by atoms with Crippen LogP contribution in [0, 0.1) is 5.41 Å². The standard InChI is InChI=1S/C16H18F10O4/c1-5-10(2,3)8(27)29-6-7-30-9(28)12(18)15(23,24)13(19,20)11(4,17)14(21,22)16(12,25)26/h5-7H2,1-4H3. The van der Waals surface area contributed by atoms with Gasteiger partial charge in [0.2, 0.25) is 5.67 Å². The number of hydrogen-bond acceptors (Lipinski definition) is 4. The van der Waals surface area contributed by atoms with E-state index >= 15 is 0 Å². The van der Waals surface area contributed by atoms with Gasteiger partial charge in [0, 0.05) is 0 Å². The van der Waals surface area contributed by atoms with Crippen molar-refractivity contribution in [2.75, 3.05) is 13.2 Å². The molecule has 0 unspecified atom stereocenters. The SMILES string of the molecule is CCC(C)(C)C(=O)OCCOC(=O)C1(F)C(F)(F)C(F)(F)C(C)(F)C(F)(F)C1(F)F. The third-order valence-electron chi connectivity index (χ3n) is 5.10. The molecule has 1 aliphatic rings. The van der Waals surface area contributed by atoms with E-state index in [1.807, 2.05) is 0 Å². The van der Waals surface area contributed by atoms with Crippen LogP contribution in [0.2, 0.25) is 0 Å². The van der Waals surface area contributed by atoms with Crippen molar-refractivity contribution in [1.29, 1.82) is 0 Å². The normalized spacial score (nSPS) is 31.7. The number of alkyl halides is 10. The molecule has 4 nitrogen and oxygen atoms in total. The minimum absolute atomic E-state index is 0.240. The Balaban J connectivity index is 3.19. The summed E-state index contributed by atoms with van der Waals surface area (Å²) in [5.74, 6) is -31.8. The van der Waals surface area contributed by atoms with Crippen LogP contribution < -0.4 is 0 Å². The first kappa shape index (κ1) is 26.3. The monoisotopic (exact) mass is 464 g/mol. The molecule has 0 heterocycles. The van der Waals surface area contributed by atoms with Crippen molar-refractivity contribution in [3.05, 3.63) is 0 Å². The van der Waals surface area contributed by atoms with E-state index in [2.05, 4.69) is 9.47 Å². The molecule has 0 N–H and O–H groups in total. The molecule has 0 spiro atoms. The number of ether oxygens (including phenoxy) is 2. The second-order valence-corrected chi connectivity index (χ2v) is 7.47. The molecule has 0 aliphatic heterocycles. The Labute approximate surface area is 163 Å². The molecule has 0 bridgehead atoms. The van der Waals surface area contributed by atoms with E-state index in [9.17, 15) is 53.5 Å². The predicted octanol–water partition coefficient (Wildman–Crippen LogP) is 4.50. The first-order chi connectivity index (χ1) is 13.1. The maximum absolute atomic E-state index is 14.5. The van der Waals surface area contributed by atoms with Crippen LogP contribution in [-0.4, -0.2) is 60.2 Å². The Morgan fingerprint density at radius 2 is 1.10 bits per heavy atom. The van der Waals surface area contributed by atoms with Crippen molar-refractivity contribution in [3.63, 3.8) is 0 Å². The van der Waals surface area contributed by atoms with Crippen molar-refractivity contribution >= 4 is 11.9 Å². The zero-order valence-electron chi connectivity index (χ0n) is 16.0. The van der Waals surface area contributed by atoms with Gasteiger partial charge < -0.3 is 9.47 Å². The van der Waals surface area contributed by atoms with Crippen molar-refractivity contribution in [2.24, 2.45) is 5.41 Å². The van der Waals surface area contributed by atoms with Crippen molar-refractivity contribution in [1.82, 2.24) is 0 Å². The number of esters is 2. The Hall–Kier alpha value is -1.76. The second-order valence-electron chi connectivity index (χ2n) is 7.47. The summed E-state index contributed by atoms with van der Waals surface area (Å²) in [7, 11) is 0.